The van der Waals surface area contributed by atoms with Crippen LogP contribution in [0.15, 0.2) is 0 Å². The van der Waals surface area contributed by atoms with Crippen molar-refractivity contribution in [2.45, 2.75) is 57.8 Å². The zero-order chi connectivity index (χ0) is 12.1. The SMILES string of the molecule is CC(C)NC(C)(CO)CCCC(F)(F)F. The van der Waals surface area contributed by atoms with Crippen LogP contribution in [0, 0.1) is 0 Å². The van der Waals surface area contributed by atoms with E-state index in [1.165, 1.54) is 0 Å². The zero-order valence-electron chi connectivity index (χ0n) is 9.49. The fourth-order valence-corrected chi connectivity index (χ4v) is 1.57. The van der Waals surface area contributed by atoms with Gasteiger partial charge in [0, 0.05) is 18.0 Å². The number of hydrogen-bond donors (Lipinski definition) is 2. The van der Waals surface area contributed by atoms with Crippen LogP contribution in [0.2, 0.25) is 0 Å². The molecule has 1 atom stereocenters. The summed E-state index contributed by atoms with van der Waals surface area (Å²) in [6.07, 6.45) is -4.53. The largest absolute Gasteiger partial charge is 0.394 e. The molecule has 0 aromatic rings. The molecule has 92 valence electrons. The standard InChI is InChI=1S/C10H20F3NO/c1-8(2)14-9(3,7-15)5-4-6-10(11,12)13/h8,14-15H,4-7H2,1-3H3. The van der Waals surface area contributed by atoms with Crippen LogP contribution in [-0.4, -0.2) is 29.5 Å². The summed E-state index contributed by atoms with van der Waals surface area (Å²) < 4.78 is 35.7. The quantitative estimate of drug-likeness (QED) is 0.730. The van der Waals surface area contributed by atoms with Crippen LogP contribution >= 0.6 is 0 Å². The second-order valence-electron chi connectivity index (χ2n) is 4.49. The van der Waals surface area contributed by atoms with Crippen molar-refractivity contribution in [1.29, 1.82) is 0 Å². The number of rotatable bonds is 6. The van der Waals surface area contributed by atoms with Gasteiger partial charge in [0.05, 0.1) is 6.61 Å². The molecule has 0 aliphatic carbocycles. The number of aliphatic hydroxyl groups is 1. The molecule has 0 fully saturated rings. The Balaban J connectivity index is 3.99. The highest BCUT2D eigenvalue weighted by molar-refractivity contribution is 4.83. The first-order chi connectivity index (χ1) is 6.68. The van der Waals surface area contributed by atoms with Gasteiger partial charge in [-0.15, -0.1) is 0 Å². The normalized spacial score (nSPS) is 16.8. The van der Waals surface area contributed by atoms with E-state index in [-0.39, 0.29) is 19.1 Å². The van der Waals surface area contributed by atoms with E-state index in [1.54, 1.807) is 6.92 Å². The summed E-state index contributed by atoms with van der Waals surface area (Å²) in [6.45, 7) is 5.39. The van der Waals surface area contributed by atoms with Gasteiger partial charge in [-0.1, -0.05) is 13.8 Å². The van der Waals surface area contributed by atoms with Gasteiger partial charge < -0.3 is 10.4 Å². The Bertz CT molecular complexity index is 182. The molecular formula is C10H20F3NO. The molecule has 0 aromatic heterocycles. The van der Waals surface area contributed by atoms with Gasteiger partial charge in [-0.3, -0.25) is 0 Å². The van der Waals surface area contributed by atoms with Crippen LogP contribution in [-0.2, 0) is 0 Å². The van der Waals surface area contributed by atoms with E-state index in [0.717, 1.165) is 0 Å². The van der Waals surface area contributed by atoms with E-state index in [2.05, 4.69) is 5.32 Å². The Morgan fingerprint density at radius 2 is 1.73 bits per heavy atom. The summed E-state index contributed by atoms with van der Waals surface area (Å²) in [4.78, 5) is 0. The summed E-state index contributed by atoms with van der Waals surface area (Å²) in [5, 5.41) is 12.2. The maximum atomic E-state index is 11.9. The van der Waals surface area contributed by atoms with Crippen LogP contribution in [0.1, 0.15) is 40.0 Å². The summed E-state index contributed by atoms with van der Waals surface area (Å²) in [5.41, 5.74) is -0.612. The Morgan fingerprint density at radius 3 is 2.07 bits per heavy atom. The molecule has 1 unspecified atom stereocenters. The molecule has 0 rings (SSSR count). The molecule has 0 bridgehead atoms. The van der Waals surface area contributed by atoms with Crippen LogP contribution in [0.3, 0.4) is 0 Å². The first-order valence-corrected chi connectivity index (χ1v) is 5.14. The topological polar surface area (TPSA) is 32.3 Å². The maximum absolute atomic E-state index is 11.9. The average molecular weight is 227 g/mol. The Kier molecular flexibility index (Phi) is 5.59. The van der Waals surface area contributed by atoms with E-state index >= 15 is 0 Å². The minimum Gasteiger partial charge on any atom is -0.394 e. The molecule has 0 spiro atoms. The van der Waals surface area contributed by atoms with Crippen LogP contribution < -0.4 is 5.32 Å². The fourth-order valence-electron chi connectivity index (χ4n) is 1.57. The van der Waals surface area contributed by atoms with Crippen molar-refractivity contribution in [3.05, 3.63) is 0 Å². The molecule has 2 N–H and O–H groups in total. The van der Waals surface area contributed by atoms with Crippen molar-refractivity contribution in [3.8, 4) is 0 Å². The molecule has 0 aliphatic rings. The van der Waals surface area contributed by atoms with Crippen LogP contribution in [0.4, 0.5) is 13.2 Å². The van der Waals surface area contributed by atoms with E-state index < -0.39 is 18.1 Å². The lowest BCUT2D eigenvalue weighted by atomic mass is 9.95. The fraction of sp³-hybridized carbons (Fsp3) is 1.00. The molecule has 0 radical (unpaired) electrons. The van der Waals surface area contributed by atoms with E-state index in [9.17, 15) is 13.2 Å². The van der Waals surface area contributed by atoms with Crippen molar-refractivity contribution >= 4 is 0 Å². The molecule has 0 aromatic carbocycles. The van der Waals surface area contributed by atoms with Gasteiger partial charge >= 0.3 is 6.18 Å². The second kappa shape index (κ2) is 5.70. The molecule has 5 heteroatoms. The molecule has 2 nitrogen and oxygen atoms in total. The first kappa shape index (κ1) is 14.7. The first-order valence-electron chi connectivity index (χ1n) is 5.14. The Labute approximate surface area is 88.9 Å². The van der Waals surface area contributed by atoms with Crippen molar-refractivity contribution in [2.24, 2.45) is 0 Å². The summed E-state index contributed by atoms with van der Waals surface area (Å²) >= 11 is 0. The summed E-state index contributed by atoms with van der Waals surface area (Å²) in [6, 6.07) is 0.146. The highest BCUT2D eigenvalue weighted by Crippen LogP contribution is 2.24. The van der Waals surface area contributed by atoms with Gasteiger partial charge in [0.2, 0.25) is 0 Å². The van der Waals surface area contributed by atoms with Gasteiger partial charge in [-0.25, -0.2) is 0 Å². The molecule has 15 heavy (non-hydrogen) atoms. The number of aliphatic hydroxyl groups excluding tert-OH is 1. The molecule has 0 saturated heterocycles. The van der Waals surface area contributed by atoms with Crippen LogP contribution in [0.5, 0.6) is 0 Å². The van der Waals surface area contributed by atoms with Gasteiger partial charge in [-0.05, 0) is 19.8 Å². The minimum atomic E-state index is -4.10. The van der Waals surface area contributed by atoms with Gasteiger partial charge in [0.15, 0.2) is 0 Å². The summed E-state index contributed by atoms with van der Waals surface area (Å²) in [7, 11) is 0. The van der Waals surface area contributed by atoms with Crippen molar-refractivity contribution < 1.29 is 18.3 Å². The van der Waals surface area contributed by atoms with E-state index in [0.29, 0.717) is 6.42 Å². The Hall–Kier alpha value is -0.290. The predicted molar refractivity (Wildman–Crippen MR) is 53.7 cm³/mol. The number of hydrogen-bond acceptors (Lipinski definition) is 2. The highest BCUT2D eigenvalue weighted by atomic mass is 19.4. The smallest absolute Gasteiger partial charge is 0.389 e. The maximum Gasteiger partial charge on any atom is 0.389 e. The van der Waals surface area contributed by atoms with Crippen molar-refractivity contribution in [1.82, 2.24) is 5.32 Å². The predicted octanol–water partition coefficient (Wildman–Crippen LogP) is 2.47. The van der Waals surface area contributed by atoms with Crippen molar-refractivity contribution in [3.63, 3.8) is 0 Å². The lowest BCUT2D eigenvalue weighted by Gasteiger charge is -2.31. The molecule has 0 amide bonds. The third-order valence-corrected chi connectivity index (χ3v) is 2.17. The monoisotopic (exact) mass is 227 g/mol. The molecule has 0 heterocycles. The molecular weight excluding hydrogens is 207 g/mol. The third-order valence-electron chi connectivity index (χ3n) is 2.17. The number of halogens is 3. The zero-order valence-corrected chi connectivity index (χ0v) is 9.49. The lowest BCUT2D eigenvalue weighted by molar-refractivity contribution is -0.136. The third kappa shape index (κ3) is 7.62. The van der Waals surface area contributed by atoms with Crippen molar-refractivity contribution in [2.75, 3.05) is 6.61 Å². The second-order valence-corrected chi connectivity index (χ2v) is 4.49. The average Bonchev–Trinajstić information content (AvgIpc) is 2.00. The van der Waals surface area contributed by atoms with Crippen LogP contribution in [0.25, 0.3) is 0 Å². The molecule has 0 aliphatic heterocycles. The van der Waals surface area contributed by atoms with E-state index in [1.807, 2.05) is 13.8 Å². The molecule has 0 saturated carbocycles. The number of alkyl halides is 3. The van der Waals surface area contributed by atoms with E-state index in [4.69, 9.17) is 5.11 Å². The lowest BCUT2D eigenvalue weighted by Crippen LogP contribution is -2.49. The Morgan fingerprint density at radius 1 is 1.20 bits per heavy atom. The highest BCUT2D eigenvalue weighted by Gasteiger charge is 2.29. The van der Waals surface area contributed by atoms with Gasteiger partial charge in [-0.2, -0.15) is 13.2 Å². The number of nitrogens with one attached hydrogen (secondary N) is 1. The van der Waals surface area contributed by atoms with Gasteiger partial charge in [0.25, 0.3) is 0 Å². The summed E-state index contributed by atoms with van der Waals surface area (Å²) in [5.74, 6) is 0. The minimum absolute atomic E-state index is 0.0419. The van der Waals surface area contributed by atoms with Gasteiger partial charge in [0.1, 0.15) is 0 Å².